The highest BCUT2D eigenvalue weighted by Crippen LogP contribution is 2.16. The molecule has 0 bridgehead atoms. The molecule has 0 spiro atoms. The van der Waals surface area contributed by atoms with Crippen molar-refractivity contribution in [3.05, 3.63) is 34.0 Å². The van der Waals surface area contributed by atoms with Crippen LogP contribution >= 0.6 is 11.3 Å². The van der Waals surface area contributed by atoms with Crippen LogP contribution in [0.5, 0.6) is 0 Å². The first-order chi connectivity index (χ1) is 14.7. The number of thiophene rings is 1. The van der Waals surface area contributed by atoms with Gasteiger partial charge < -0.3 is 19.9 Å². The largest absolute Gasteiger partial charge is 0.376 e. The predicted molar refractivity (Wildman–Crippen MR) is 120 cm³/mol. The topological polar surface area (TPSA) is 79.6 Å². The van der Waals surface area contributed by atoms with Crippen LogP contribution < -0.4 is 10.6 Å². The average Bonchev–Trinajstić information content (AvgIpc) is 3.51. The van der Waals surface area contributed by atoms with E-state index in [9.17, 15) is 0 Å². The normalized spacial score (nSPS) is 21.3. The van der Waals surface area contributed by atoms with Gasteiger partial charge in [0.15, 0.2) is 11.8 Å². The molecule has 0 saturated carbocycles. The molecular formula is C21H33N7OS. The lowest BCUT2D eigenvalue weighted by Crippen LogP contribution is -2.49. The van der Waals surface area contributed by atoms with Gasteiger partial charge in [0.25, 0.3) is 0 Å². The molecule has 2 saturated heterocycles. The number of aryl methyl sites for hydroxylation is 1. The monoisotopic (exact) mass is 431 g/mol. The van der Waals surface area contributed by atoms with Crippen molar-refractivity contribution in [3.8, 4) is 0 Å². The van der Waals surface area contributed by atoms with Gasteiger partial charge in [-0.1, -0.05) is 0 Å². The van der Waals surface area contributed by atoms with Gasteiger partial charge >= 0.3 is 0 Å². The molecule has 164 valence electrons. The van der Waals surface area contributed by atoms with E-state index in [4.69, 9.17) is 9.73 Å². The Morgan fingerprint density at radius 2 is 2.17 bits per heavy atom. The maximum Gasteiger partial charge on any atom is 0.192 e. The van der Waals surface area contributed by atoms with Crippen molar-refractivity contribution in [1.29, 1.82) is 0 Å². The highest BCUT2D eigenvalue weighted by molar-refractivity contribution is 7.07. The predicted octanol–water partition coefficient (Wildman–Crippen LogP) is 2.06. The summed E-state index contributed by atoms with van der Waals surface area (Å²) in [7, 11) is 1.98. The van der Waals surface area contributed by atoms with Gasteiger partial charge in [0.2, 0.25) is 0 Å². The summed E-state index contributed by atoms with van der Waals surface area (Å²) in [6.45, 7) is 7.39. The third-order valence-electron chi connectivity index (χ3n) is 6.00. The van der Waals surface area contributed by atoms with E-state index in [1.54, 1.807) is 11.3 Å². The second-order valence-electron chi connectivity index (χ2n) is 8.23. The summed E-state index contributed by atoms with van der Waals surface area (Å²) in [5.41, 5.74) is 1.42. The number of aromatic nitrogens is 3. The Morgan fingerprint density at radius 3 is 2.83 bits per heavy atom. The van der Waals surface area contributed by atoms with Crippen LogP contribution in [0.4, 0.5) is 0 Å². The van der Waals surface area contributed by atoms with E-state index in [1.807, 2.05) is 18.5 Å². The van der Waals surface area contributed by atoms with Crippen LogP contribution in [-0.4, -0.2) is 64.0 Å². The number of ether oxygens (including phenoxy) is 1. The molecule has 2 aliphatic heterocycles. The lowest BCUT2D eigenvalue weighted by molar-refractivity contribution is 0.113. The molecule has 0 amide bonds. The van der Waals surface area contributed by atoms with Crippen LogP contribution in [0.2, 0.25) is 0 Å². The summed E-state index contributed by atoms with van der Waals surface area (Å²) >= 11 is 1.77. The van der Waals surface area contributed by atoms with Crippen molar-refractivity contribution in [1.82, 2.24) is 30.3 Å². The lowest BCUT2D eigenvalue weighted by atomic mass is 10.0. The van der Waals surface area contributed by atoms with E-state index in [2.05, 4.69) is 42.6 Å². The van der Waals surface area contributed by atoms with E-state index in [-0.39, 0.29) is 6.10 Å². The zero-order valence-corrected chi connectivity index (χ0v) is 18.8. The third-order valence-corrected chi connectivity index (χ3v) is 6.73. The fraction of sp³-hybridized carbons (Fsp3) is 0.667. The number of guanidine groups is 1. The number of nitrogens with zero attached hydrogens (tertiary/aromatic N) is 5. The highest BCUT2D eigenvalue weighted by Gasteiger charge is 2.21. The minimum atomic E-state index is 0.279. The maximum absolute atomic E-state index is 5.76. The zero-order valence-electron chi connectivity index (χ0n) is 18.0. The summed E-state index contributed by atoms with van der Waals surface area (Å²) in [4.78, 5) is 7.35. The third kappa shape index (κ3) is 5.80. The van der Waals surface area contributed by atoms with Gasteiger partial charge in [-0.2, -0.15) is 11.3 Å². The van der Waals surface area contributed by atoms with Crippen LogP contribution in [0.1, 0.15) is 42.9 Å². The summed E-state index contributed by atoms with van der Waals surface area (Å²) in [5.74, 6) is 2.62. The van der Waals surface area contributed by atoms with Gasteiger partial charge in [0.1, 0.15) is 12.4 Å². The van der Waals surface area contributed by atoms with Gasteiger partial charge in [-0.15, -0.1) is 10.2 Å². The highest BCUT2D eigenvalue weighted by atomic mass is 32.1. The van der Waals surface area contributed by atoms with Crippen molar-refractivity contribution in [2.45, 2.75) is 57.8 Å². The smallest absolute Gasteiger partial charge is 0.192 e. The Labute approximate surface area is 182 Å². The molecule has 1 unspecified atom stereocenters. The molecule has 2 fully saturated rings. The summed E-state index contributed by atoms with van der Waals surface area (Å²) < 4.78 is 7.76. The Balaban J connectivity index is 1.31. The SMILES string of the molecule is Cc1nnc(CN=C(NCC2CCCO2)NC2CCN(Cc3ccsc3)CC2)n1C. The number of rotatable bonds is 7. The number of hydrogen-bond acceptors (Lipinski definition) is 6. The molecule has 0 aromatic carbocycles. The maximum atomic E-state index is 5.76. The summed E-state index contributed by atoms with van der Waals surface area (Å²) in [6, 6.07) is 2.66. The van der Waals surface area contributed by atoms with Gasteiger partial charge in [-0.25, -0.2) is 4.99 Å². The quantitative estimate of drug-likeness (QED) is 0.516. The Kier molecular flexibility index (Phi) is 7.35. The van der Waals surface area contributed by atoms with Crippen LogP contribution in [-0.2, 0) is 24.9 Å². The Morgan fingerprint density at radius 1 is 1.30 bits per heavy atom. The molecule has 2 N–H and O–H groups in total. The van der Waals surface area contributed by atoms with Gasteiger partial charge in [0, 0.05) is 45.9 Å². The molecule has 30 heavy (non-hydrogen) atoms. The molecule has 8 nitrogen and oxygen atoms in total. The fourth-order valence-electron chi connectivity index (χ4n) is 3.98. The molecule has 2 aromatic rings. The van der Waals surface area contributed by atoms with Crippen LogP contribution in [0, 0.1) is 6.92 Å². The lowest BCUT2D eigenvalue weighted by Gasteiger charge is -2.33. The van der Waals surface area contributed by atoms with E-state index in [0.29, 0.717) is 12.6 Å². The van der Waals surface area contributed by atoms with Crippen molar-refractivity contribution in [2.24, 2.45) is 12.0 Å². The molecule has 4 rings (SSSR count). The molecule has 4 heterocycles. The zero-order chi connectivity index (χ0) is 20.8. The molecule has 9 heteroatoms. The number of likely N-dealkylation sites (tertiary alicyclic amines) is 1. The number of piperidine rings is 1. The molecule has 2 aromatic heterocycles. The van der Waals surface area contributed by atoms with E-state index < -0.39 is 0 Å². The van der Waals surface area contributed by atoms with E-state index >= 15 is 0 Å². The van der Waals surface area contributed by atoms with Crippen molar-refractivity contribution in [3.63, 3.8) is 0 Å². The standard InChI is InChI=1S/C21H33N7OS/c1-16-25-26-20(27(16)2)13-23-21(22-12-19-4-3-10-29-19)24-18-5-8-28(9-6-18)14-17-7-11-30-15-17/h7,11,15,18-19H,3-6,8-10,12-14H2,1-2H3,(H2,22,23,24). The first kappa shape index (κ1) is 21.3. The first-order valence-corrected chi connectivity index (χ1v) is 11.9. The molecule has 0 radical (unpaired) electrons. The minimum absolute atomic E-state index is 0.279. The van der Waals surface area contributed by atoms with E-state index in [1.165, 1.54) is 5.56 Å². The molecule has 0 aliphatic carbocycles. The summed E-state index contributed by atoms with van der Waals surface area (Å²) in [6.07, 6.45) is 4.78. The van der Waals surface area contributed by atoms with Crippen molar-refractivity contribution < 1.29 is 4.74 Å². The van der Waals surface area contributed by atoms with Gasteiger partial charge in [-0.05, 0) is 55.0 Å². The average molecular weight is 432 g/mol. The summed E-state index contributed by atoms with van der Waals surface area (Å²) in [5, 5.41) is 19.9. The minimum Gasteiger partial charge on any atom is -0.376 e. The first-order valence-electron chi connectivity index (χ1n) is 10.9. The Hall–Kier alpha value is -1.97. The number of hydrogen-bond donors (Lipinski definition) is 2. The Bertz CT molecular complexity index is 805. The number of aliphatic imine (C=N–C) groups is 1. The van der Waals surface area contributed by atoms with Crippen LogP contribution in [0.3, 0.4) is 0 Å². The van der Waals surface area contributed by atoms with Crippen molar-refractivity contribution in [2.75, 3.05) is 26.2 Å². The second kappa shape index (κ2) is 10.4. The number of nitrogens with one attached hydrogen (secondary N) is 2. The van der Waals surface area contributed by atoms with Crippen LogP contribution in [0.25, 0.3) is 0 Å². The fourth-order valence-corrected chi connectivity index (χ4v) is 4.64. The molecular weight excluding hydrogens is 398 g/mol. The second-order valence-corrected chi connectivity index (χ2v) is 9.01. The van der Waals surface area contributed by atoms with Gasteiger partial charge in [0.05, 0.1) is 6.10 Å². The van der Waals surface area contributed by atoms with Crippen molar-refractivity contribution >= 4 is 17.3 Å². The van der Waals surface area contributed by atoms with Gasteiger partial charge in [-0.3, -0.25) is 4.90 Å². The van der Waals surface area contributed by atoms with E-state index in [0.717, 1.165) is 76.1 Å². The molecule has 1 atom stereocenters. The molecule has 2 aliphatic rings. The van der Waals surface area contributed by atoms with Crippen LogP contribution in [0.15, 0.2) is 21.8 Å².